The van der Waals surface area contributed by atoms with Crippen molar-refractivity contribution < 1.29 is 9.53 Å². The zero-order valence-electron chi connectivity index (χ0n) is 11.8. The quantitative estimate of drug-likeness (QED) is 0.904. The molecule has 0 radical (unpaired) electrons. The summed E-state index contributed by atoms with van der Waals surface area (Å²) in [6.07, 6.45) is 8.23. The number of ether oxygens (including phenoxy) is 1. The van der Waals surface area contributed by atoms with Gasteiger partial charge < -0.3 is 14.6 Å². The lowest BCUT2D eigenvalue weighted by Crippen LogP contribution is -2.38. The minimum absolute atomic E-state index is 0.0732. The summed E-state index contributed by atoms with van der Waals surface area (Å²) in [5.74, 6) is 2.92. The molecule has 1 aromatic rings. The van der Waals surface area contributed by atoms with E-state index in [4.69, 9.17) is 4.74 Å². The first-order chi connectivity index (χ1) is 9.74. The van der Waals surface area contributed by atoms with E-state index in [0.29, 0.717) is 12.5 Å². The van der Waals surface area contributed by atoms with Crippen molar-refractivity contribution in [1.29, 1.82) is 0 Å². The fourth-order valence-corrected chi connectivity index (χ4v) is 3.49. The summed E-state index contributed by atoms with van der Waals surface area (Å²) in [6.45, 7) is 0.694. The number of hydrogen-bond acceptors (Lipinski definition) is 3. The van der Waals surface area contributed by atoms with Crippen LogP contribution in [0.1, 0.15) is 37.6 Å². The van der Waals surface area contributed by atoms with Gasteiger partial charge in [-0.05, 0) is 37.5 Å². The van der Waals surface area contributed by atoms with Crippen molar-refractivity contribution in [3.63, 3.8) is 0 Å². The molecule has 1 amide bonds. The molecule has 1 saturated heterocycles. The van der Waals surface area contributed by atoms with E-state index in [2.05, 4.69) is 10.3 Å². The highest BCUT2D eigenvalue weighted by Crippen LogP contribution is 2.54. The van der Waals surface area contributed by atoms with Crippen LogP contribution in [0.15, 0.2) is 12.4 Å². The number of carbonyl (C=O) groups is 1. The Hall–Kier alpha value is -1.36. The van der Waals surface area contributed by atoms with E-state index in [9.17, 15) is 4.79 Å². The van der Waals surface area contributed by atoms with Gasteiger partial charge in [0.05, 0.1) is 6.04 Å². The van der Waals surface area contributed by atoms with Gasteiger partial charge in [-0.15, -0.1) is 0 Å². The number of nitrogens with one attached hydrogen (secondary N) is 1. The molecule has 5 nitrogen and oxygen atoms in total. The maximum absolute atomic E-state index is 12.3. The number of carbonyl (C=O) groups excluding carboxylic acids is 1. The number of nitrogens with zero attached hydrogens (tertiary/aromatic N) is 2. The zero-order valence-corrected chi connectivity index (χ0v) is 11.8. The predicted octanol–water partition coefficient (Wildman–Crippen LogP) is 1.41. The monoisotopic (exact) mass is 275 g/mol. The Bertz CT molecular complexity index is 523. The van der Waals surface area contributed by atoms with Crippen LogP contribution in [0.5, 0.6) is 0 Å². The van der Waals surface area contributed by atoms with Crippen molar-refractivity contribution in [3.05, 3.63) is 18.2 Å². The van der Waals surface area contributed by atoms with E-state index >= 15 is 0 Å². The van der Waals surface area contributed by atoms with Gasteiger partial charge in [0.1, 0.15) is 11.9 Å². The van der Waals surface area contributed by atoms with Crippen LogP contribution in [0, 0.1) is 17.8 Å². The summed E-state index contributed by atoms with van der Waals surface area (Å²) in [5.41, 5.74) is 0. The minimum atomic E-state index is -0.0999. The first-order valence-corrected chi connectivity index (χ1v) is 7.63. The van der Waals surface area contributed by atoms with Crippen LogP contribution in [0.4, 0.5) is 0 Å². The van der Waals surface area contributed by atoms with Gasteiger partial charge in [0.2, 0.25) is 5.91 Å². The maximum atomic E-state index is 12.3. The minimum Gasteiger partial charge on any atom is -0.368 e. The van der Waals surface area contributed by atoms with Crippen molar-refractivity contribution in [2.24, 2.45) is 24.8 Å². The molecule has 3 aliphatic rings. The Balaban J connectivity index is 1.40. The second kappa shape index (κ2) is 4.58. The smallest absolute Gasteiger partial charge is 0.223 e. The number of rotatable bonds is 4. The van der Waals surface area contributed by atoms with Crippen molar-refractivity contribution >= 4 is 5.91 Å². The van der Waals surface area contributed by atoms with Crippen molar-refractivity contribution in [2.45, 2.75) is 37.8 Å². The van der Waals surface area contributed by atoms with E-state index in [1.54, 1.807) is 6.20 Å². The SMILES string of the molecule is Cn1ccnc1[C@H]1OCC[C@@H]1NC(=O)[C@@H]1C[C@@H]1C1CC1. The fraction of sp³-hybridized carbons (Fsp3) is 0.733. The molecule has 1 aliphatic heterocycles. The van der Waals surface area contributed by atoms with Crippen LogP contribution in [-0.4, -0.2) is 28.1 Å². The lowest BCUT2D eigenvalue weighted by Gasteiger charge is -2.19. The Kier molecular flexibility index (Phi) is 2.84. The first kappa shape index (κ1) is 12.4. The second-order valence-electron chi connectivity index (χ2n) is 6.43. The van der Waals surface area contributed by atoms with Crippen LogP contribution >= 0.6 is 0 Å². The van der Waals surface area contributed by atoms with E-state index in [1.165, 1.54) is 12.8 Å². The molecule has 1 N–H and O–H groups in total. The van der Waals surface area contributed by atoms with Crippen LogP contribution in [0.3, 0.4) is 0 Å². The maximum Gasteiger partial charge on any atom is 0.223 e. The van der Waals surface area contributed by atoms with Gasteiger partial charge in [0.25, 0.3) is 0 Å². The third kappa shape index (κ3) is 2.14. The number of hydrogen-bond donors (Lipinski definition) is 1. The van der Waals surface area contributed by atoms with Crippen molar-refractivity contribution in [3.8, 4) is 0 Å². The molecule has 5 heteroatoms. The van der Waals surface area contributed by atoms with Gasteiger partial charge in [0, 0.05) is 32.0 Å². The van der Waals surface area contributed by atoms with E-state index in [0.717, 1.165) is 24.6 Å². The number of imidazole rings is 1. The first-order valence-electron chi connectivity index (χ1n) is 7.63. The number of amides is 1. The summed E-state index contributed by atoms with van der Waals surface area (Å²) in [5, 5.41) is 3.20. The van der Waals surface area contributed by atoms with Crippen molar-refractivity contribution in [1.82, 2.24) is 14.9 Å². The average molecular weight is 275 g/mol. The van der Waals surface area contributed by atoms with Gasteiger partial charge in [-0.1, -0.05) is 0 Å². The van der Waals surface area contributed by atoms with Crippen LogP contribution < -0.4 is 5.32 Å². The molecule has 1 aromatic heterocycles. The van der Waals surface area contributed by atoms with Crippen molar-refractivity contribution in [2.75, 3.05) is 6.61 Å². The standard InChI is InChI=1S/C15H21N3O2/c1-18-6-5-16-14(18)13-12(4-7-20-13)17-15(19)11-8-10(11)9-2-3-9/h5-6,9-13H,2-4,7-8H2,1H3,(H,17,19)/t10-,11-,12+,13+/m1/s1. The highest BCUT2D eigenvalue weighted by Gasteiger charge is 2.51. The Morgan fingerprint density at radius 1 is 1.45 bits per heavy atom. The molecule has 0 aromatic carbocycles. The van der Waals surface area contributed by atoms with Crippen LogP contribution in [-0.2, 0) is 16.6 Å². The molecular formula is C15H21N3O2. The molecule has 20 heavy (non-hydrogen) atoms. The molecule has 2 heterocycles. The van der Waals surface area contributed by atoms with Gasteiger partial charge in [-0.2, -0.15) is 0 Å². The third-order valence-corrected chi connectivity index (χ3v) is 4.94. The summed E-state index contributed by atoms with van der Waals surface area (Å²) in [4.78, 5) is 16.7. The molecule has 0 unspecified atom stereocenters. The molecule has 2 aliphatic carbocycles. The Morgan fingerprint density at radius 2 is 2.30 bits per heavy atom. The van der Waals surface area contributed by atoms with E-state index < -0.39 is 0 Å². The third-order valence-electron chi connectivity index (χ3n) is 4.94. The highest BCUT2D eigenvalue weighted by molar-refractivity contribution is 5.82. The molecule has 4 rings (SSSR count). The van der Waals surface area contributed by atoms with Crippen LogP contribution in [0.2, 0.25) is 0 Å². The second-order valence-corrected chi connectivity index (χ2v) is 6.43. The molecule has 108 valence electrons. The number of aromatic nitrogens is 2. The highest BCUT2D eigenvalue weighted by atomic mass is 16.5. The van der Waals surface area contributed by atoms with Gasteiger partial charge in [0.15, 0.2) is 0 Å². The Morgan fingerprint density at radius 3 is 3.00 bits per heavy atom. The van der Waals surface area contributed by atoms with Crippen LogP contribution in [0.25, 0.3) is 0 Å². The Labute approximate surface area is 118 Å². The van der Waals surface area contributed by atoms with Gasteiger partial charge in [-0.3, -0.25) is 4.79 Å². The largest absolute Gasteiger partial charge is 0.368 e. The molecule has 0 bridgehead atoms. The molecule has 4 atom stereocenters. The normalized spacial score (nSPS) is 36.0. The molecule has 0 spiro atoms. The topological polar surface area (TPSA) is 56.1 Å². The summed E-state index contributed by atoms with van der Waals surface area (Å²) >= 11 is 0. The average Bonchev–Trinajstić information content (AvgIpc) is 3.31. The lowest BCUT2D eigenvalue weighted by molar-refractivity contribution is -0.123. The fourth-order valence-electron chi connectivity index (χ4n) is 3.49. The van der Waals surface area contributed by atoms with E-state index in [1.807, 2.05) is 17.8 Å². The van der Waals surface area contributed by atoms with Gasteiger partial charge in [-0.25, -0.2) is 4.98 Å². The molecule has 3 fully saturated rings. The lowest BCUT2D eigenvalue weighted by atomic mass is 10.1. The summed E-state index contributed by atoms with van der Waals surface area (Å²) in [6, 6.07) is 0.0732. The molecular weight excluding hydrogens is 254 g/mol. The summed E-state index contributed by atoms with van der Waals surface area (Å²) < 4.78 is 7.75. The van der Waals surface area contributed by atoms with E-state index in [-0.39, 0.29) is 24.0 Å². The van der Waals surface area contributed by atoms with Gasteiger partial charge >= 0.3 is 0 Å². The zero-order chi connectivity index (χ0) is 13.7. The predicted molar refractivity (Wildman–Crippen MR) is 72.8 cm³/mol. The summed E-state index contributed by atoms with van der Waals surface area (Å²) in [7, 11) is 1.97. The molecule has 2 saturated carbocycles. The number of aryl methyl sites for hydroxylation is 1.